The van der Waals surface area contributed by atoms with Crippen LogP contribution in [0.3, 0.4) is 0 Å². The molecule has 0 amide bonds. The van der Waals surface area contributed by atoms with E-state index in [0.29, 0.717) is 12.1 Å². The van der Waals surface area contributed by atoms with Gasteiger partial charge in [0.2, 0.25) is 0 Å². The summed E-state index contributed by atoms with van der Waals surface area (Å²) in [4.78, 5) is 20.6. The molecule has 1 aromatic heterocycles. The van der Waals surface area contributed by atoms with Crippen molar-refractivity contribution in [3.05, 3.63) is 34.6 Å². The summed E-state index contributed by atoms with van der Waals surface area (Å²) in [5.41, 5.74) is 0.990. The average Bonchev–Trinajstić information content (AvgIpc) is 3.18. The molecule has 2 fully saturated rings. The molecule has 0 N–H and O–H groups in total. The highest BCUT2D eigenvalue weighted by molar-refractivity contribution is 7.99. The van der Waals surface area contributed by atoms with Crippen LogP contribution in [-0.2, 0) is 0 Å². The molecule has 0 bridgehead atoms. The fourth-order valence-corrected chi connectivity index (χ4v) is 5.61. The zero-order valence-electron chi connectivity index (χ0n) is 15.7. The summed E-state index contributed by atoms with van der Waals surface area (Å²) in [6.07, 6.45) is 9.82. The summed E-state index contributed by atoms with van der Waals surface area (Å²) in [6.45, 7) is 1.22. The second-order valence-corrected chi connectivity index (χ2v) is 8.85. The zero-order chi connectivity index (χ0) is 17.9. The highest BCUT2D eigenvalue weighted by Gasteiger charge is 2.24. The Morgan fingerprint density at radius 3 is 2.69 bits per heavy atom. The molecule has 2 aliphatic rings. The molecular formula is C21H29N3OS. The van der Waals surface area contributed by atoms with Crippen LogP contribution < -0.4 is 5.56 Å². The first-order chi connectivity index (χ1) is 12.7. The van der Waals surface area contributed by atoms with Crippen LogP contribution in [0.25, 0.3) is 10.9 Å². The van der Waals surface area contributed by atoms with Gasteiger partial charge in [0.25, 0.3) is 5.56 Å². The van der Waals surface area contributed by atoms with Gasteiger partial charge in [0.05, 0.1) is 10.9 Å². The van der Waals surface area contributed by atoms with Crippen molar-refractivity contribution in [1.29, 1.82) is 0 Å². The third kappa shape index (κ3) is 3.70. The van der Waals surface area contributed by atoms with Crippen LogP contribution in [0.15, 0.2) is 34.2 Å². The van der Waals surface area contributed by atoms with Gasteiger partial charge in [0, 0.05) is 17.8 Å². The van der Waals surface area contributed by atoms with Gasteiger partial charge in [-0.1, -0.05) is 43.2 Å². The maximum atomic E-state index is 13.2. The Balaban J connectivity index is 1.58. The van der Waals surface area contributed by atoms with Gasteiger partial charge in [-0.15, -0.1) is 0 Å². The third-order valence-electron chi connectivity index (χ3n) is 6.07. The van der Waals surface area contributed by atoms with Gasteiger partial charge in [0.1, 0.15) is 0 Å². The molecule has 1 atom stereocenters. The van der Waals surface area contributed by atoms with Crippen LogP contribution in [0.1, 0.15) is 57.4 Å². The Labute approximate surface area is 160 Å². The van der Waals surface area contributed by atoms with Crippen molar-refractivity contribution < 1.29 is 0 Å². The van der Waals surface area contributed by atoms with Gasteiger partial charge in [-0.3, -0.25) is 9.36 Å². The highest BCUT2D eigenvalue weighted by Crippen LogP contribution is 2.32. The van der Waals surface area contributed by atoms with E-state index in [2.05, 4.69) is 11.9 Å². The third-order valence-corrected chi connectivity index (χ3v) is 7.06. The van der Waals surface area contributed by atoms with E-state index in [0.717, 1.165) is 34.7 Å². The van der Waals surface area contributed by atoms with Gasteiger partial charge >= 0.3 is 0 Å². The molecule has 4 nitrogen and oxygen atoms in total. The van der Waals surface area contributed by atoms with Crippen LogP contribution in [0.4, 0.5) is 0 Å². The molecule has 1 saturated heterocycles. The number of piperidine rings is 1. The molecule has 5 heteroatoms. The number of nitrogens with zero attached hydrogens (tertiary/aromatic N) is 3. The predicted molar refractivity (Wildman–Crippen MR) is 109 cm³/mol. The Morgan fingerprint density at radius 2 is 1.88 bits per heavy atom. The normalized spacial score (nSPS) is 22.3. The van der Waals surface area contributed by atoms with E-state index in [9.17, 15) is 4.79 Å². The SMILES string of the molecule is CN1CCCCC1CCSc1nc2ccccc2c(=O)n1C1CCCC1. The highest BCUT2D eigenvalue weighted by atomic mass is 32.2. The molecule has 26 heavy (non-hydrogen) atoms. The molecule has 1 aliphatic heterocycles. The summed E-state index contributed by atoms with van der Waals surface area (Å²) in [7, 11) is 2.25. The van der Waals surface area contributed by atoms with Crippen molar-refractivity contribution >= 4 is 22.7 Å². The second kappa shape index (κ2) is 8.13. The van der Waals surface area contributed by atoms with E-state index < -0.39 is 0 Å². The number of aromatic nitrogens is 2. The molecule has 4 rings (SSSR count). The number of rotatable bonds is 5. The topological polar surface area (TPSA) is 38.1 Å². The molecule has 2 heterocycles. The maximum Gasteiger partial charge on any atom is 0.262 e. The lowest BCUT2D eigenvalue weighted by Gasteiger charge is -2.32. The lowest BCUT2D eigenvalue weighted by Crippen LogP contribution is -2.36. The number of hydrogen-bond acceptors (Lipinski definition) is 4. The monoisotopic (exact) mass is 371 g/mol. The average molecular weight is 372 g/mol. The summed E-state index contributed by atoms with van der Waals surface area (Å²) in [6, 6.07) is 8.81. The van der Waals surface area contributed by atoms with Crippen molar-refractivity contribution in [3.63, 3.8) is 0 Å². The fourth-order valence-electron chi connectivity index (χ4n) is 4.51. The van der Waals surface area contributed by atoms with Crippen molar-refractivity contribution in [2.75, 3.05) is 19.3 Å². The van der Waals surface area contributed by atoms with Crippen molar-refractivity contribution in [2.45, 2.75) is 68.6 Å². The Kier molecular flexibility index (Phi) is 5.65. The minimum absolute atomic E-state index is 0.153. The van der Waals surface area contributed by atoms with Gasteiger partial charge in [-0.2, -0.15) is 0 Å². The number of hydrogen-bond donors (Lipinski definition) is 0. The van der Waals surface area contributed by atoms with E-state index in [4.69, 9.17) is 4.98 Å². The molecule has 140 valence electrons. The summed E-state index contributed by atoms with van der Waals surface area (Å²) in [5.74, 6) is 1.03. The number of thioether (sulfide) groups is 1. The second-order valence-electron chi connectivity index (χ2n) is 7.79. The maximum absolute atomic E-state index is 13.2. The minimum Gasteiger partial charge on any atom is -0.303 e. The van der Waals surface area contributed by atoms with Crippen molar-refractivity contribution in [1.82, 2.24) is 14.5 Å². The molecule has 1 saturated carbocycles. The van der Waals surface area contributed by atoms with Crippen LogP contribution in [-0.4, -0.2) is 39.8 Å². The molecule has 1 aliphatic carbocycles. The zero-order valence-corrected chi connectivity index (χ0v) is 16.5. The van der Waals surface area contributed by atoms with Crippen molar-refractivity contribution in [3.8, 4) is 0 Å². The minimum atomic E-state index is 0.153. The first kappa shape index (κ1) is 18.1. The van der Waals surface area contributed by atoms with E-state index in [-0.39, 0.29) is 5.56 Å². The van der Waals surface area contributed by atoms with Crippen LogP contribution in [0.5, 0.6) is 0 Å². The Bertz CT molecular complexity index is 812. The number of fused-ring (bicyclic) bond motifs is 1. The van der Waals surface area contributed by atoms with E-state index in [1.54, 1.807) is 11.8 Å². The number of likely N-dealkylation sites (tertiary alicyclic amines) is 1. The number of para-hydroxylation sites is 1. The molecule has 1 aromatic carbocycles. The lowest BCUT2D eigenvalue weighted by atomic mass is 10.0. The predicted octanol–water partition coefficient (Wildman–Crippen LogP) is 4.48. The van der Waals surface area contributed by atoms with Crippen LogP contribution in [0, 0.1) is 0 Å². The largest absolute Gasteiger partial charge is 0.303 e. The van der Waals surface area contributed by atoms with E-state index in [1.165, 1.54) is 45.1 Å². The van der Waals surface area contributed by atoms with Crippen LogP contribution in [0.2, 0.25) is 0 Å². The van der Waals surface area contributed by atoms with Crippen LogP contribution >= 0.6 is 11.8 Å². The smallest absolute Gasteiger partial charge is 0.262 e. The standard InChI is InChI=1S/C21H29N3OS/c1-23-14-7-6-8-16(23)13-15-26-21-22-19-12-5-4-11-18(19)20(25)24(21)17-9-2-3-10-17/h4-5,11-12,16-17H,2-3,6-10,13-15H2,1H3. The van der Waals surface area contributed by atoms with Gasteiger partial charge < -0.3 is 4.90 Å². The number of benzene rings is 1. The first-order valence-corrected chi connectivity index (χ1v) is 11.1. The van der Waals surface area contributed by atoms with Gasteiger partial charge in [-0.05, 0) is 57.8 Å². The molecule has 1 unspecified atom stereocenters. The van der Waals surface area contributed by atoms with Gasteiger partial charge in [0.15, 0.2) is 5.16 Å². The molecular weight excluding hydrogens is 342 g/mol. The lowest BCUT2D eigenvalue weighted by molar-refractivity contribution is 0.182. The summed E-state index contributed by atoms with van der Waals surface area (Å²) < 4.78 is 2.02. The fraction of sp³-hybridized carbons (Fsp3) is 0.619. The Hall–Kier alpha value is -1.33. The van der Waals surface area contributed by atoms with Gasteiger partial charge in [-0.25, -0.2) is 4.98 Å². The summed E-state index contributed by atoms with van der Waals surface area (Å²) >= 11 is 1.78. The van der Waals surface area contributed by atoms with E-state index >= 15 is 0 Å². The molecule has 0 radical (unpaired) electrons. The Morgan fingerprint density at radius 1 is 1.12 bits per heavy atom. The molecule has 2 aromatic rings. The molecule has 0 spiro atoms. The summed E-state index contributed by atoms with van der Waals surface area (Å²) in [5, 5.41) is 1.69. The first-order valence-electron chi connectivity index (χ1n) is 10.1. The quantitative estimate of drug-likeness (QED) is 0.574. The van der Waals surface area contributed by atoms with E-state index in [1.807, 2.05) is 28.8 Å². The van der Waals surface area contributed by atoms with Crippen molar-refractivity contribution in [2.24, 2.45) is 0 Å².